The summed E-state index contributed by atoms with van der Waals surface area (Å²) in [6.45, 7) is 2.47. The molecule has 0 fully saturated rings. The molecule has 2 heterocycles. The lowest BCUT2D eigenvalue weighted by Crippen LogP contribution is -2.19. The van der Waals surface area contributed by atoms with Crippen molar-refractivity contribution in [2.75, 3.05) is 17.2 Å². The minimum atomic E-state index is -0.334. The molecule has 2 amide bonds. The number of ether oxygens (including phenoxy) is 1. The summed E-state index contributed by atoms with van der Waals surface area (Å²) in [4.78, 5) is 40.5. The van der Waals surface area contributed by atoms with Crippen LogP contribution in [0.25, 0.3) is 11.2 Å². The summed E-state index contributed by atoms with van der Waals surface area (Å²) in [5.41, 5.74) is 1.59. The Morgan fingerprint density at radius 1 is 0.966 bits per heavy atom. The molecule has 0 bridgehead atoms. The summed E-state index contributed by atoms with van der Waals surface area (Å²) in [6, 6.07) is 10.4. The van der Waals surface area contributed by atoms with E-state index in [0.717, 1.165) is 5.75 Å². The molecule has 0 saturated carbocycles. The maximum absolute atomic E-state index is 12.2. The molecule has 29 heavy (non-hydrogen) atoms. The molecule has 0 saturated heterocycles. The van der Waals surface area contributed by atoms with E-state index in [-0.39, 0.29) is 30.3 Å². The number of carbonyl (C=O) groups is 2. The fraction of sp³-hybridized carbons (Fsp3) is 0.300. The molecular weight excluding hydrogens is 374 g/mol. The Morgan fingerprint density at radius 2 is 1.62 bits per heavy atom. The van der Waals surface area contributed by atoms with Crippen LogP contribution in [0.15, 0.2) is 41.2 Å². The highest BCUT2D eigenvalue weighted by Crippen LogP contribution is 2.16. The Hall–Kier alpha value is -3.62. The summed E-state index contributed by atoms with van der Waals surface area (Å²) in [6.07, 6.45) is 0.0431. The molecule has 0 atom stereocenters. The lowest BCUT2D eigenvalue weighted by molar-refractivity contribution is -0.121. The van der Waals surface area contributed by atoms with E-state index in [1.807, 2.05) is 6.92 Å². The van der Waals surface area contributed by atoms with Crippen molar-refractivity contribution in [3.8, 4) is 5.75 Å². The number of nitrogens with zero attached hydrogens (tertiary/aromatic N) is 3. The topological polar surface area (TPSA) is 107 Å². The SMILES string of the molecule is CCOc1ccc(NC(=O)CCC(=O)Nc2ccc3c(n2)n(C)c(=O)n3C)cc1. The number of amides is 2. The average Bonchev–Trinajstić information content (AvgIpc) is 2.92. The minimum Gasteiger partial charge on any atom is -0.494 e. The Bertz CT molecular complexity index is 1100. The van der Waals surface area contributed by atoms with E-state index in [1.54, 1.807) is 50.5 Å². The van der Waals surface area contributed by atoms with Crippen molar-refractivity contribution in [3.63, 3.8) is 0 Å². The van der Waals surface area contributed by atoms with E-state index in [9.17, 15) is 14.4 Å². The Kier molecular flexibility index (Phi) is 5.96. The van der Waals surface area contributed by atoms with Gasteiger partial charge in [-0.05, 0) is 43.3 Å². The maximum atomic E-state index is 12.2. The van der Waals surface area contributed by atoms with Crippen LogP contribution < -0.4 is 21.1 Å². The summed E-state index contributed by atoms with van der Waals surface area (Å²) >= 11 is 0. The number of nitrogens with one attached hydrogen (secondary N) is 2. The van der Waals surface area contributed by atoms with Crippen LogP contribution in [-0.2, 0) is 23.7 Å². The first kappa shape index (κ1) is 20.1. The number of imidazole rings is 1. The van der Waals surface area contributed by atoms with Crippen molar-refractivity contribution >= 4 is 34.5 Å². The molecule has 0 spiro atoms. The predicted octanol–water partition coefficient (Wildman–Crippen LogP) is 2.03. The number of aryl methyl sites for hydroxylation is 2. The number of rotatable bonds is 7. The van der Waals surface area contributed by atoms with Crippen LogP contribution in [0.1, 0.15) is 19.8 Å². The summed E-state index contributed by atoms with van der Waals surface area (Å²) in [5, 5.41) is 5.40. The number of anilines is 2. The van der Waals surface area contributed by atoms with Gasteiger partial charge in [-0.2, -0.15) is 0 Å². The fourth-order valence-corrected chi connectivity index (χ4v) is 2.89. The van der Waals surface area contributed by atoms with Gasteiger partial charge in [-0.3, -0.25) is 18.7 Å². The number of benzene rings is 1. The molecular formula is C20H23N5O4. The molecule has 0 aliphatic heterocycles. The molecule has 1 aromatic carbocycles. The Labute approximate surface area is 167 Å². The number of aromatic nitrogens is 3. The molecule has 9 nitrogen and oxygen atoms in total. The Morgan fingerprint density at radius 3 is 2.28 bits per heavy atom. The second kappa shape index (κ2) is 8.59. The van der Waals surface area contributed by atoms with Crippen LogP contribution in [0.3, 0.4) is 0 Å². The van der Waals surface area contributed by atoms with Gasteiger partial charge >= 0.3 is 5.69 Å². The van der Waals surface area contributed by atoms with E-state index >= 15 is 0 Å². The van der Waals surface area contributed by atoms with Gasteiger partial charge < -0.3 is 15.4 Å². The van der Waals surface area contributed by atoms with Gasteiger partial charge in [0.2, 0.25) is 11.8 Å². The van der Waals surface area contributed by atoms with Crippen molar-refractivity contribution in [1.29, 1.82) is 0 Å². The maximum Gasteiger partial charge on any atom is 0.329 e. The summed E-state index contributed by atoms with van der Waals surface area (Å²) in [7, 11) is 3.28. The molecule has 152 valence electrons. The smallest absolute Gasteiger partial charge is 0.329 e. The van der Waals surface area contributed by atoms with Crippen molar-refractivity contribution < 1.29 is 14.3 Å². The molecule has 3 rings (SSSR count). The fourth-order valence-electron chi connectivity index (χ4n) is 2.89. The third-order valence-corrected chi connectivity index (χ3v) is 4.40. The monoisotopic (exact) mass is 397 g/mol. The average molecular weight is 397 g/mol. The van der Waals surface area contributed by atoms with Gasteiger partial charge in [0.05, 0.1) is 12.1 Å². The first-order valence-electron chi connectivity index (χ1n) is 9.24. The van der Waals surface area contributed by atoms with Crippen molar-refractivity contribution in [2.45, 2.75) is 19.8 Å². The number of hydrogen-bond donors (Lipinski definition) is 2. The zero-order chi connectivity index (χ0) is 21.0. The molecule has 0 unspecified atom stereocenters. The van der Waals surface area contributed by atoms with E-state index in [1.165, 1.54) is 9.13 Å². The van der Waals surface area contributed by atoms with E-state index < -0.39 is 0 Å². The highest BCUT2D eigenvalue weighted by Gasteiger charge is 2.12. The second-order valence-corrected chi connectivity index (χ2v) is 6.49. The molecule has 2 aromatic heterocycles. The normalized spacial score (nSPS) is 10.7. The van der Waals surface area contributed by atoms with Gasteiger partial charge in [0.25, 0.3) is 0 Å². The molecule has 0 aliphatic rings. The highest BCUT2D eigenvalue weighted by atomic mass is 16.5. The van der Waals surface area contributed by atoms with Gasteiger partial charge in [0.1, 0.15) is 11.6 Å². The van der Waals surface area contributed by atoms with Crippen LogP contribution in [0.4, 0.5) is 11.5 Å². The summed E-state index contributed by atoms with van der Waals surface area (Å²) in [5.74, 6) is 0.457. The molecule has 0 radical (unpaired) electrons. The van der Waals surface area contributed by atoms with Crippen LogP contribution >= 0.6 is 0 Å². The highest BCUT2D eigenvalue weighted by molar-refractivity contribution is 5.96. The first-order chi connectivity index (χ1) is 13.9. The number of pyridine rings is 1. The van der Waals surface area contributed by atoms with Gasteiger partial charge in [0, 0.05) is 32.6 Å². The third kappa shape index (κ3) is 4.63. The lowest BCUT2D eigenvalue weighted by atomic mass is 10.2. The van der Waals surface area contributed by atoms with E-state index in [4.69, 9.17) is 4.74 Å². The van der Waals surface area contributed by atoms with Crippen LogP contribution in [0, 0.1) is 0 Å². The number of hydrogen-bond acceptors (Lipinski definition) is 5. The number of fused-ring (bicyclic) bond motifs is 1. The van der Waals surface area contributed by atoms with Gasteiger partial charge in [-0.1, -0.05) is 0 Å². The minimum absolute atomic E-state index is 0.0102. The van der Waals surface area contributed by atoms with E-state index in [0.29, 0.717) is 29.3 Å². The second-order valence-electron chi connectivity index (χ2n) is 6.49. The standard InChI is InChI=1S/C20H23N5O4/c1-4-29-14-7-5-13(6-8-14)21-17(26)11-12-18(27)22-16-10-9-15-19(23-16)25(3)20(28)24(15)2/h5-10H,4,11-12H2,1-3H3,(H,21,26)(H,22,23,27). The third-order valence-electron chi connectivity index (χ3n) is 4.40. The van der Waals surface area contributed by atoms with Crippen molar-refractivity contribution in [2.24, 2.45) is 14.1 Å². The van der Waals surface area contributed by atoms with Crippen LogP contribution in [0.5, 0.6) is 5.75 Å². The zero-order valence-electron chi connectivity index (χ0n) is 16.6. The predicted molar refractivity (Wildman–Crippen MR) is 110 cm³/mol. The lowest BCUT2D eigenvalue weighted by Gasteiger charge is -2.08. The van der Waals surface area contributed by atoms with Gasteiger partial charge in [-0.15, -0.1) is 0 Å². The summed E-state index contributed by atoms with van der Waals surface area (Å²) < 4.78 is 8.25. The van der Waals surface area contributed by atoms with Gasteiger partial charge in [-0.25, -0.2) is 9.78 Å². The van der Waals surface area contributed by atoms with E-state index in [2.05, 4.69) is 15.6 Å². The Balaban J connectivity index is 1.54. The molecule has 2 N–H and O–H groups in total. The zero-order valence-corrected chi connectivity index (χ0v) is 16.6. The quantitative estimate of drug-likeness (QED) is 0.634. The van der Waals surface area contributed by atoms with Gasteiger partial charge in [0.15, 0.2) is 5.65 Å². The number of carbonyl (C=O) groups excluding carboxylic acids is 2. The van der Waals surface area contributed by atoms with Crippen molar-refractivity contribution in [3.05, 3.63) is 46.9 Å². The molecule has 3 aromatic rings. The largest absolute Gasteiger partial charge is 0.494 e. The molecule has 0 aliphatic carbocycles. The molecule has 9 heteroatoms. The van der Waals surface area contributed by atoms with Crippen LogP contribution in [-0.4, -0.2) is 32.5 Å². The van der Waals surface area contributed by atoms with Crippen LogP contribution in [0.2, 0.25) is 0 Å². The first-order valence-corrected chi connectivity index (χ1v) is 9.24. The van der Waals surface area contributed by atoms with Crippen molar-refractivity contribution in [1.82, 2.24) is 14.1 Å².